The number of aromatic nitrogens is 3. The maximum absolute atomic E-state index is 13.8. The number of aromatic amines is 1. The normalized spacial score (nSPS) is 22.1. The number of hydrogen-bond acceptors (Lipinski definition) is 12. The summed E-state index contributed by atoms with van der Waals surface area (Å²) < 4.78 is 35.6. The van der Waals surface area contributed by atoms with E-state index in [1.165, 1.54) is 19.0 Å². The lowest BCUT2D eigenvalue weighted by atomic mass is 9.60. The van der Waals surface area contributed by atoms with Gasteiger partial charge in [-0.2, -0.15) is 0 Å². The molecule has 0 atom stereocenters. The summed E-state index contributed by atoms with van der Waals surface area (Å²) in [7, 11) is -2.38. The predicted molar refractivity (Wildman–Crippen MR) is 214 cm³/mol. The predicted octanol–water partition coefficient (Wildman–Crippen LogP) is 6.01. The Kier molecular flexibility index (Phi) is 10.6. The highest BCUT2D eigenvalue weighted by molar-refractivity contribution is 7.90. The summed E-state index contributed by atoms with van der Waals surface area (Å²) in [6, 6.07) is 10.4. The zero-order valence-electron chi connectivity index (χ0n) is 32.1. The third kappa shape index (κ3) is 8.18. The third-order valence-electron chi connectivity index (χ3n) is 12.7. The molecule has 15 nitrogen and oxygen atoms in total. The zero-order chi connectivity index (χ0) is 39.0. The van der Waals surface area contributed by atoms with Crippen molar-refractivity contribution in [2.24, 2.45) is 17.3 Å². The van der Waals surface area contributed by atoms with Gasteiger partial charge in [0.25, 0.3) is 15.9 Å². The fraction of sp³-hybridized carbons (Fsp3) is 0.525. The number of piperazine rings is 1. The number of nitrogens with one attached hydrogen (secondary N) is 3. The minimum absolute atomic E-state index is 0.00559. The van der Waals surface area contributed by atoms with E-state index >= 15 is 0 Å². The van der Waals surface area contributed by atoms with Crippen LogP contribution in [0.25, 0.3) is 11.0 Å². The lowest BCUT2D eigenvalue weighted by Gasteiger charge is -2.56. The first-order valence-electron chi connectivity index (χ1n) is 19.8. The number of amides is 1. The molecule has 8 rings (SSSR count). The third-order valence-corrected chi connectivity index (χ3v) is 14.0. The molecule has 4 aromatic rings. The highest BCUT2D eigenvalue weighted by Crippen LogP contribution is 2.51. The molecule has 3 N–H and O–H groups in total. The summed E-state index contributed by atoms with van der Waals surface area (Å²) in [5, 5.41) is 15.9. The minimum Gasteiger partial charge on any atom is -0.455 e. The number of sulfonamides is 1. The highest BCUT2D eigenvalue weighted by Gasteiger charge is 2.48. The number of benzene rings is 1. The topological polar surface area (TPSA) is 179 Å². The first kappa shape index (κ1) is 38.1. The lowest BCUT2D eigenvalue weighted by molar-refractivity contribution is -0.384. The monoisotopic (exact) mass is 785 g/mol. The molecule has 0 unspecified atom stereocenters. The van der Waals surface area contributed by atoms with Gasteiger partial charge in [-0.05, 0) is 87.1 Å². The van der Waals surface area contributed by atoms with Crippen LogP contribution in [0.15, 0.2) is 59.9 Å². The van der Waals surface area contributed by atoms with Gasteiger partial charge in [-0.1, -0.05) is 19.8 Å². The van der Waals surface area contributed by atoms with Gasteiger partial charge in [-0.25, -0.2) is 23.1 Å². The minimum atomic E-state index is -4.57. The number of pyridine rings is 2. The van der Waals surface area contributed by atoms with Crippen molar-refractivity contribution in [1.82, 2.24) is 29.5 Å². The van der Waals surface area contributed by atoms with Crippen LogP contribution in [0.5, 0.6) is 11.5 Å². The van der Waals surface area contributed by atoms with Crippen LogP contribution in [0, 0.1) is 27.4 Å². The Hall–Kier alpha value is -4.80. The van der Waals surface area contributed by atoms with Crippen LogP contribution >= 0.6 is 0 Å². The van der Waals surface area contributed by atoms with Crippen LogP contribution in [-0.2, 0) is 10.0 Å². The Morgan fingerprint density at radius 1 is 1.00 bits per heavy atom. The molecule has 3 aromatic heterocycles. The number of anilines is 2. The maximum atomic E-state index is 13.8. The molecule has 2 aliphatic heterocycles. The number of nitro groups is 1. The fourth-order valence-corrected chi connectivity index (χ4v) is 9.91. The van der Waals surface area contributed by atoms with E-state index in [1.54, 1.807) is 24.4 Å². The first-order chi connectivity index (χ1) is 26.9. The average Bonchev–Trinajstić information content (AvgIpc) is 3.65. The second kappa shape index (κ2) is 15.6. The van der Waals surface area contributed by atoms with Gasteiger partial charge >= 0.3 is 5.69 Å². The van der Waals surface area contributed by atoms with E-state index in [9.17, 15) is 23.3 Å². The molecular formula is C40H51N9O6S. The number of rotatable bonds is 11. The summed E-state index contributed by atoms with van der Waals surface area (Å²) in [4.78, 5) is 43.6. The Labute approximate surface area is 327 Å². The number of H-pyrrole nitrogens is 1. The van der Waals surface area contributed by atoms with Crippen molar-refractivity contribution in [3.05, 3.63) is 70.7 Å². The van der Waals surface area contributed by atoms with E-state index in [0.717, 1.165) is 101 Å². The van der Waals surface area contributed by atoms with Crippen molar-refractivity contribution in [3.8, 4) is 11.5 Å². The number of ether oxygens (including phenoxy) is 1. The van der Waals surface area contributed by atoms with Gasteiger partial charge in [0.1, 0.15) is 22.0 Å². The molecule has 56 heavy (non-hydrogen) atoms. The molecule has 4 fully saturated rings. The smallest absolute Gasteiger partial charge is 0.312 e. The van der Waals surface area contributed by atoms with E-state index in [4.69, 9.17) is 4.74 Å². The number of likely N-dealkylation sites (N-methyl/N-ethyl adjacent to an activating group) is 1. The molecule has 2 saturated heterocycles. The maximum Gasteiger partial charge on any atom is 0.312 e. The highest BCUT2D eigenvalue weighted by atomic mass is 32.2. The Balaban J connectivity index is 0.983. The van der Waals surface area contributed by atoms with Crippen LogP contribution < -0.4 is 19.7 Å². The summed E-state index contributed by atoms with van der Waals surface area (Å²) >= 11 is 0. The molecule has 0 radical (unpaired) electrons. The number of nitrogens with zero attached hydrogens (tertiary/aromatic N) is 6. The molecule has 1 aromatic carbocycles. The van der Waals surface area contributed by atoms with Crippen molar-refractivity contribution >= 4 is 44.2 Å². The first-order valence-corrected chi connectivity index (χ1v) is 21.3. The van der Waals surface area contributed by atoms with Gasteiger partial charge < -0.3 is 24.8 Å². The van der Waals surface area contributed by atoms with Crippen molar-refractivity contribution in [1.29, 1.82) is 0 Å². The standard InChI is InChI=1S/C40H51N9O6S/c1-27-3-5-28(6-4-27)24-42-38-35(49(51)52)21-33(26-44-38)56(53,54)45-39(50)34-8-7-30(20-36(34)55-32-19-29-9-12-41-37(29)43-25-32)47-13-10-40(11-14-47)22-31(23-40)48-17-15-46(2)16-18-48/h7-9,12,19-21,25-28,31H,3-6,10-11,13-18,22-24H2,1-2H3,(H,41,43)(H,42,44)(H,45,50). The molecule has 2 aliphatic carbocycles. The molecule has 1 spiro atoms. The van der Waals surface area contributed by atoms with Gasteiger partial charge in [0.05, 0.1) is 22.9 Å². The molecular weight excluding hydrogens is 735 g/mol. The van der Waals surface area contributed by atoms with Crippen molar-refractivity contribution in [2.45, 2.75) is 69.2 Å². The van der Waals surface area contributed by atoms with Crippen molar-refractivity contribution in [3.63, 3.8) is 0 Å². The molecule has 5 heterocycles. The second-order valence-corrected chi connectivity index (χ2v) is 18.2. The Morgan fingerprint density at radius 2 is 1.75 bits per heavy atom. The number of hydrogen-bond donors (Lipinski definition) is 3. The van der Waals surface area contributed by atoms with Crippen LogP contribution in [0.2, 0.25) is 0 Å². The van der Waals surface area contributed by atoms with E-state index in [2.05, 4.69) is 53.7 Å². The largest absolute Gasteiger partial charge is 0.455 e. The lowest BCUT2D eigenvalue weighted by Crippen LogP contribution is -2.58. The molecule has 16 heteroatoms. The number of carbonyl (C=O) groups is 1. The van der Waals surface area contributed by atoms with Crippen LogP contribution in [-0.4, -0.2) is 103 Å². The van der Waals surface area contributed by atoms with Crippen LogP contribution in [0.4, 0.5) is 17.2 Å². The van der Waals surface area contributed by atoms with Crippen LogP contribution in [0.3, 0.4) is 0 Å². The number of fused-ring (bicyclic) bond motifs is 1. The Morgan fingerprint density at radius 3 is 2.48 bits per heavy atom. The molecule has 4 aliphatic rings. The summed E-state index contributed by atoms with van der Waals surface area (Å²) in [6.07, 6.45) is 13.2. The second-order valence-electron chi connectivity index (χ2n) is 16.5. The van der Waals surface area contributed by atoms with Crippen molar-refractivity contribution in [2.75, 3.05) is 63.1 Å². The average molecular weight is 786 g/mol. The van der Waals surface area contributed by atoms with Gasteiger partial charge in [0.15, 0.2) is 0 Å². The van der Waals surface area contributed by atoms with E-state index in [0.29, 0.717) is 41.2 Å². The van der Waals surface area contributed by atoms with Gasteiger partial charge in [0, 0.05) is 81.3 Å². The molecule has 0 bridgehead atoms. The van der Waals surface area contributed by atoms with Gasteiger partial charge in [-0.3, -0.25) is 19.8 Å². The van der Waals surface area contributed by atoms with Gasteiger partial charge in [-0.15, -0.1) is 0 Å². The van der Waals surface area contributed by atoms with E-state index in [1.807, 2.05) is 12.1 Å². The van der Waals surface area contributed by atoms with Crippen molar-refractivity contribution < 1.29 is 22.9 Å². The number of carbonyl (C=O) groups excluding carboxylic acids is 1. The Bertz CT molecular complexity index is 2180. The summed E-state index contributed by atoms with van der Waals surface area (Å²) in [6.45, 7) is 8.98. The van der Waals surface area contributed by atoms with Gasteiger partial charge in [0.2, 0.25) is 5.82 Å². The number of piperidine rings is 1. The van der Waals surface area contributed by atoms with E-state index < -0.39 is 31.4 Å². The molecule has 2 saturated carbocycles. The quantitative estimate of drug-likeness (QED) is 0.119. The molecule has 1 amide bonds. The van der Waals surface area contributed by atoms with E-state index in [-0.39, 0.29) is 17.1 Å². The fourth-order valence-electron chi connectivity index (χ4n) is 8.98. The molecule has 298 valence electrons. The summed E-state index contributed by atoms with van der Waals surface area (Å²) in [5.41, 5.74) is 1.41. The SMILES string of the molecule is CC1CCC(CNc2ncc(S(=O)(=O)NC(=O)c3ccc(N4CCC5(CC4)CC(N4CCN(C)CC4)C5)cc3Oc3cnc4[nH]ccc4c3)cc2[N+](=O)[O-])CC1. The van der Waals surface area contributed by atoms with Crippen LogP contribution in [0.1, 0.15) is 68.6 Å². The zero-order valence-corrected chi connectivity index (χ0v) is 32.9. The summed E-state index contributed by atoms with van der Waals surface area (Å²) in [5.74, 6) is 0.605.